The molecule has 2 N–H and O–H groups in total. The van der Waals surface area contributed by atoms with Gasteiger partial charge in [0.2, 0.25) is 10.0 Å². The lowest BCUT2D eigenvalue weighted by Crippen LogP contribution is -2.51. The van der Waals surface area contributed by atoms with E-state index in [1.165, 1.54) is 16.4 Å². The number of fused-ring (bicyclic) bond motifs is 1. The van der Waals surface area contributed by atoms with E-state index in [0.29, 0.717) is 18.7 Å². The van der Waals surface area contributed by atoms with Gasteiger partial charge in [0.15, 0.2) is 0 Å². The highest BCUT2D eigenvalue weighted by Gasteiger charge is 2.29. The lowest BCUT2D eigenvalue weighted by molar-refractivity contribution is 0.193. The topological polar surface area (TPSA) is 103 Å². The summed E-state index contributed by atoms with van der Waals surface area (Å²) in [4.78, 5) is 17.5. The molecule has 1 aromatic heterocycles. The molecular weight excluding hydrogens is 459 g/mol. The first-order valence-corrected chi connectivity index (χ1v) is 12.3. The lowest BCUT2D eigenvalue weighted by Gasteiger charge is -2.35. The summed E-state index contributed by atoms with van der Waals surface area (Å²) in [5.74, 6) is 4.76. The summed E-state index contributed by atoms with van der Waals surface area (Å²) < 4.78 is 40.5. The van der Waals surface area contributed by atoms with E-state index in [1.54, 1.807) is 18.3 Å². The molecule has 1 amide bonds. The van der Waals surface area contributed by atoms with Crippen molar-refractivity contribution in [3.05, 3.63) is 72.2 Å². The highest BCUT2D eigenvalue weighted by atomic mass is 32.2. The molecule has 1 fully saturated rings. The number of pyridine rings is 1. The lowest BCUT2D eigenvalue weighted by atomic mass is 10.1. The molecule has 0 saturated carbocycles. The molecule has 34 heavy (non-hydrogen) atoms. The van der Waals surface area contributed by atoms with Crippen LogP contribution in [0.2, 0.25) is 0 Å². The molecule has 0 radical (unpaired) electrons. The Morgan fingerprint density at radius 3 is 2.53 bits per heavy atom. The van der Waals surface area contributed by atoms with E-state index in [9.17, 15) is 22.7 Å². The summed E-state index contributed by atoms with van der Waals surface area (Å²) in [6.07, 6.45) is 0.211. The number of benzene rings is 2. The van der Waals surface area contributed by atoms with E-state index in [4.69, 9.17) is 0 Å². The first-order chi connectivity index (χ1) is 16.3. The second-order valence-corrected chi connectivity index (χ2v) is 9.84. The fourth-order valence-electron chi connectivity index (χ4n) is 3.77. The van der Waals surface area contributed by atoms with Gasteiger partial charge >= 0.3 is 6.09 Å². The number of carboxylic acid groups (broad SMARTS) is 1. The first kappa shape index (κ1) is 23.5. The Bertz CT molecular complexity index is 1340. The Balaban J connectivity index is 1.44. The number of nitrogens with one attached hydrogen (secondary N) is 1. The number of hydrogen-bond acceptors (Lipinski definition) is 5. The zero-order valence-corrected chi connectivity index (χ0v) is 19.0. The van der Waals surface area contributed by atoms with Crippen molar-refractivity contribution in [2.45, 2.75) is 6.04 Å². The predicted octanol–water partition coefficient (Wildman–Crippen LogP) is 2.51. The molecule has 1 atom stereocenters. The van der Waals surface area contributed by atoms with Gasteiger partial charge in [0.05, 0.1) is 11.3 Å². The number of carbonyl (C=O) groups is 1. The molecule has 10 heteroatoms. The molecule has 0 bridgehead atoms. The van der Waals surface area contributed by atoms with Crippen molar-refractivity contribution in [1.82, 2.24) is 14.6 Å². The van der Waals surface area contributed by atoms with Gasteiger partial charge in [-0.25, -0.2) is 17.6 Å². The SMILES string of the molecule is O=C(O)NC(C#Cc1cnc2ccccc2c1)CS(=O)(=O)N1CCN(c2ccc(F)cc2)CC1. The Kier molecular flexibility index (Phi) is 6.95. The van der Waals surface area contributed by atoms with Gasteiger partial charge in [0.25, 0.3) is 0 Å². The van der Waals surface area contributed by atoms with Crippen LogP contribution in [-0.2, 0) is 10.0 Å². The van der Waals surface area contributed by atoms with Gasteiger partial charge in [0, 0.05) is 49.0 Å². The van der Waals surface area contributed by atoms with Crippen molar-refractivity contribution in [3.63, 3.8) is 0 Å². The highest BCUT2D eigenvalue weighted by molar-refractivity contribution is 7.89. The first-order valence-electron chi connectivity index (χ1n) is 10.6. The van der Waals surface area contributed by atoms with Crippen LogP contribution in [0, 0.1) is 17.7 Å². The summed E-state index contributed by atoms with van der Waals surface area (Å²) in [7, 11) is -3.78. The number of para-hydroxylation sites is 1. The molecular formula is C24H23FN4O4S. The fourth-order valence-corrected chi connectivity index (χ4v) is 5.29. The van der Waals surface area contributed by atoms with Gasteiger partial charge in [-0.15, -0.1) is 0 Å². The van der Waals surface area contributed by atoms with E-state index in [2.05, 4.69) is 22.1 Å². The minimum absolute atomic E-state index is 0.238. The molecule has 1 saturated heterocycles. The summed E-state index contributed by atoms with van der Waals surface area (Å²) in [5.41, 5.74) is 2.18. The van der Waals surface area contributed by atoms with Crippen LogP contribution in [0.3, 0.4) is 0 Å². The third-order valence-electron chi connectivity index (χ3n) is 5.48. The van der Waals surface area contributed by atoms with Gasteiger partial charge in [-0.3, -0.25) is 4.98 Å². The van der Waals surface area contributed by atoms with Crippen molar-refractivity contribution < 1.29 is 22.7 Å². The largest absolute Gasteiger partial charge is 0.465 e. The highest BCUT2D eigenvalue weighted by Crippen LogP contribution is 2.18. The number of sulfonamides is 1. The normalized spacial score (nSPS) is 15.4. The minimum atomic E-state index is -3.78. The fraction of sp³-hybridized carbons (Fsp3) is 0.250. The summed E-state index contributed by atoms with van der Waals surface area (Å²) >= 11 is 0. The number of piperazine rings is 1. The van der Waals surface area contributed by atoms with Crippen molar-refractivity contribution in [2.75, 3.05) is 36.8 Å². The van der Waals surface area contributed by atoms with E-state index in [0.717, 1.165) is 16.6 Å². The zero-order valence-electron chi connectivity index (χ0n) is 18.2. The predicted molar refractivity (Wildman–Crippen MR) is 128 cm³/mol. The summed E-state index contributed by atoms with van der Waals surface area (Å²) in [6, 6.07) is 14.2. The second-order valence-electron chi connectivity index (χ2n) is 7.83. The summed E-state index contributed by atoms with van der Waals surface area (Å²) in [5, 5.41) is 12.2. The maximum atomic E-state index is 13.2. The maximum Gasteiger partial charge on any atom is 0.405 e. The van der Waals surface area contributed by atoms with Crippen LogP contribution in [-0.4, -0.2) is 66.9 Å². The van der Waals surface area contributed by atoms with E-state index < -0.39 is 27.9 Å². The standard InChI is InChI=1S/C24H23FN4O4S/c25-20-6-9-22(10-7-20)28-11-13-29(14-12-28)34(32,33)17-21(27-24(30)31)8-5-18-15-19-3-1-2-4-23(19)26-16-18/h1-4,6-7,9-10,15-16,21,27H,11-14,17H2,(H,30,31). The van der Waals surface area contributed by atoms with E-state index >= 15 is 0 Å². The molecule has 2 aromatic carbocycles. The van der Waals surface area contributed by atoms with E-state index in [1.807, 2.05) is 35.2 Å². The molecule has 1 aliphatic rings. The van der Waals surface area contributed by atoms with Crippen molar-refractivity contribution >= 4 is 32.7 Å². The molecule has 0 spiro atoms. The van der Waals surface area contributed by atoms with E-state index in [-0.39, 0.29) is 18.9 Å². The van der Waals surface area contributed by atoms with Crippen LogP contribution in [0.25, 0.3) is 10.9 Å². The van der Waals surface area contributed by atoms with Gasteiger partial charge in [0.1, 0.15) is 11.9 Å². The quantitative estimate of drug-likeness (QED) is 0.542. The number of rotatable bonds is 5. The molecule has 0 aliphatic carbocycles. The van der Waals surface area contributed by atoms with Gasteiger partial charge in [-0.1, -0.05) is 30.0 Å². The molecule has 1 unspecified atom stereocenters. The van der Waals surface area contributed by atoms with Crippen molar-refractivity contribution in [1.29, 1.82) is 0 Å². The minimum Gasteiger partial charge on any atom is -0.465 e. The number of amides is 1. The Morgan fingerprint density at radius 2 is 1.82 bits per heavy atom. The third-order valence-corrected chi connectivity index (χ3v) is 7.39. The second kappa shape index (κ2) is 10.1. The van der Waals surface area contributed by atoms with Crippen LogP contribution < -0.4 is 10.2 Å². The van der Waals surface area contributed by atoms with Crippen molar-refractivity contribution in [3.8, 4) is 11.8 Å². The van der Waals surface area contributed by atoms with Crippen molar-refractivity contribution in [2.24, 2.45) is 0 Å². The zero-order chi connectivity index (χ0) is 24.1. The number of nitrogens with zero attached hydrogens (tertiary/aromatic N) is 3. The maximum absolute atomic E-state index is 13.2. The van der Waals surface area contributed by atoms with Crippen LogP contribution in [0.5, 0.6) is 0 Å². The monoisotopic (exact) mass is 482 g/mol. The smallest absolute Gasteiger partial charge is 0.405 e. The van der Waals surface area contributed by atoms with Gasteiger partial charge < -0.3 is 15.3 Å². The van der Waals surface area contributed by atoms with Gasteiger partial charge in [-0.05, 0) is 36.4 Å². The third kappa shape index (κ3) is 5.81. The molecule has 8 nitrogen and oxygen atoms in total. The Hall–Kier alpha value is -3.68. The van der Waals surface area contributed by atoms with Gasteiger partial charge in [-0.2, -0.15) is 4.31 Å². The average molecular weight is 483 g/mol. The molecule has 2 heterocycles. The molecule has 4 rings (SSSR count). The number of hydrogen-bond donors (Lipinski definition) is 2. The molecule has 176 valence electrons. The van der Waals surface area contributed by atoms with Crippen LogP contribution in [0.15, 0.2) is 60.8 Å². The van der Waals surface area contributed by atoms with Crippen LogP contribution in [0.4, 0.5) is 14.9 Å². The number of halogens is 1. The number of anilines is 1. The Labute approximate surface area is 197 Å². The summed E-state index contributed by atoms with van der Waals surface area (Å²) in [6.45, 7) is 1.36. The average Bonchev–Trinajstić information content (AvgIpc) is 2.82. The Morgan fingerprint density at radius 1 is 1.12 bits per heavy atom. The molecule has 1 aliphatic heterocycles. The van der Waals surface area contributed by atoms with Crippen LogP contribution in [0.1, 0.15) is 5.56 Å². The molecule has 3 aromatic rings. The number of aromatic nitrogens is 1. The van der Waals surface area contributed by atoms with Crippen LogP contribution >= 0.6 is 0 Å².